The number of ether oxygens (including phenoxy) is 5. The number of carbonyl (C=O) groups excluding carboxylic acids is 3. The van der Waals surface area contributed by atoms with Gasteiger partial charge in [0.05, 0.1) is 18.8 Å². The second-order valence-electron chi connectivity index (χ2n) is 8.66. The Hall–Kier alpha value is -3.23. The average Bonchev–Trinajstić information content (AvgIpc) is 3.17. The maximum Gasteiger partial charge on any atom is 0.345 e. The third-order valence-electron chi connectivity index (χ3n) is 6.78. The van der Waals surface area contributed by atoms with Crippen LogP contribution in [0.5, 0.6) is 11.5 Å². The minimum absolute atomic E-state index is 0.109. The molecule has 33 heavy (non-hydrogen) atoms. The Bertz CT molecular complexity index is 1100. The molecule has 2 aliphatic rings. The summed E-state index contributed by atoms with van der Waals surface area (Å²) in [4.78, 5) is 33.4. The van der Waals surface area contributed by atoms with Crippen molar-refractivity contribution in [3.63, 3.8) is 0 Å². The molecule has 2 fully saturated rings. The highest BCUT2D eigenvalue weighted by Crippen LogP contribution is 2.48. The molecular formula is C25H26O8. The lowest BCUT2D eigenvalue weighted by Gasteiger charge is -2.36. The monoisotopic (exact) mass is 454 g/mol. The topological polar surface area (TPSA) is 97.4 Å². The van der Waals surface area contributed by atoms with Gasteiger partial charge in [-0.1, -0.05) is 0 Å². The van der Waals surface area contributed by atoms with Crippen molar-refractivity contribution >= 4 is 18.7 Å². The van der Waals surface area contributed by atoms with E-state index in [1.54, 1.807) is 37.3 Å². The molecule has 174 valence electrons. The van der Waals surface area contributed by atoms with E-state index >= 15 is 0 Å². The van der Waals surface area contributed by atoms with Crippen LogP contribution >= 0.6 is 0 Å². The normalized spacial score (nSPS) is 28.1. The molecule has 4 rings (SSSR count). The second-order valence-corrected chi connectivity index (χ2v) is 8.66. The Morgan fingerprint density at radius 3 is 1.94 bits per heavy atom. The third-order valence-corrected chi connectivity index (χ3v) is 6.78. The van der Waals surface area contributed by atoms with Crippen LogP contribution in [-0.4, -0.2) is 55.4 Å². The van der Waals surface area contributed by atoms with Crippen LogP contribution in [0, 0.1) is 13.8 Å². The van der Waals surface area contributed by atoms with Crippen LogP contribution in [0.1, 0.15) is 45.7 Å². The van der Waals surface area contributed by atoms with Crippen LogP contribution in [0.4, 0.5) is 0 Å². The molecule has 2 aliphatic heterocycles. The van der Waals surface area contributed by atoms with E-state index in [0.29, 0.717) is 35.8 Å². The number of fused-ring (bicyclic) bond motifs is 1. The number of esters is 1. The highest BCUT2D eigenvalue weighted by atomic mass is 16.7. The molecule has 2 aromatic carbocycles. The van der Waals surface area contributed by atoms with Gasteiger partial charge in [-0.25, -0.2) is 4.79 Å². The molecule has 2 saturated heterocycles. The number of rotatable bonds is 7. The SMILES string of the molecule is Cc1cc(OC2CO[C@]3(C)C(Oc4ccc(C(=O)OC=O)c(C)c4)CO[C@]23C)ccc1C=O. The Morgan fingerprint density at radius 1 is 0.909 bits per heavy atom. The molecular weight excluding hydrogens is 428 g/mol. The minimum atomic E-state index is -0.779. The number of hydrogen-bond donors (Lipinski definition) is 0. The number of aryl methyl sites for hydroxylation is 2. The van der Waals surface area contributed by atoms with Gasteiger partial charge in [0.15, 0.2) is 12.2 Å². The number of aldehydes is 1. The zero-order valence-corrected chi connectivity index (χ0v) is 19.0. The van der Waals surface area contributed by atoms with Crippen LogP contribution in [0.25, 0.3) is 0 Å². The number of hydrogen-bond acceptors (Lipinski definition) is 8. The molecule has 2 unspecified atom stereocenters. The summed E-state index contributed by atoms with van der Waals surface area (Å²) in [5.74, 6) is 0.467. The van der Waals surface area contributed by atoms with Crippen molar-refractivity contribution in [2.24, 2.45) is 0 Å². The molecule has 0 amide bonds. The fraction of sp³-hybridized carbons (Fsp3) is 0.400. The quantitative estimate of drug-likeness (QED) is 0.357. The molecule has 8 heteroatoms. The summed E-state index contributed by atoms with van der Waals surface area (Å²) in [6, 6.07) is 10.2. The van der Waals surface area contributed by atoms with Gasteiger partial charge in [-0.3, -0.25) is 9.59 Å². The van der Waals surface area contributed by atoms with Crippen LogP contribution < -0.4 is 9.47 Å². The summed E-state index contributed by atoms with van der Waals surface area (Å²) in [5.41, 5.74) is 0.811. The zero-order valence-electron chi connectivity index (χ0n) is 19.0. The van der Waals surface area contributed by atoms with Crippen molar-refractivity contribution in [2.45, 2.75) is 51.1 Å². The average molecular weight is 454 g/mol. The van der Waals surface area contributed by atoms with E-state index in [9.17, 15) is 14.4 Å². The first-order valence-corrected chi connectivity index (χ1v) is 10.6. The zero-order chi connectivity index (χ0) is 23.8. The smallest absolute Gasteiger partial charge is 0.345 e. The number of carbonyl (C=O) groups is 3. The molecule has 8 nitrogen and oxygen atoms in total. The summed E-state index contributed by atoms with van der Waals surface area (Å²) in [6.07, 6.45) is 0.0275. The van der Waals surface area contributed by atoms with Crippen molar-refractivity contribution < 1.29 is 38.1 Å². The van der Waals surface area contributed by atoms with Crippen molar-refractivity contribution in [1.82, 2.24) is 0 Å². The predicted molar refractivity (Wildman–Crippen MR) is 117 cm³/mol. The van der Waals surface area contributed by atoms with Gasteiger partial charge in [0.25, 0.3) is 0 Å². The maximum absolute atomic E-state index is 11.8. The van der Waals surface area contributed by atoms with Gasteiger partial charge >= 0.3 is 12.4 Å². The highest BCUT2D eigenvalue weighted by Gasteiger charge is 2.67. The van der Waals surface area contributed by atoms with Gasteiger partial charge < -0.3 is 23.7 Å². The third kappa shape index (κ3) is 3.89. The second kappa shape index (κ2) is 8.61. The lowest BCUT2D eigenvalue weighted by Crippen LogP contribution is -2.56. The molecule has 0 radical (unpaired) electrons. The van der Waals surface area contributed by atoms with Gasteiger partial charge in [-0.15, -0.1) is 0 Å². The summed E-state index contributed by atoms with van der Waals surface area (Å²) in [7, 11) is 0. The van der Waals surface area contributed by atoms with Gasteiger partial charge in [0.2, 0.25) is 0 Å². The van der Waals surface area contributed by atoms with E-state index in [0.717, 1.165) is 11.8 Å². The fourth-order valence-corrected chi connectivity index (χ4v) is 4.45. The molecule has 0 spiro atoms. The van der Waals surface area contributed by atoms with Crippen LogP contribution in [0.2, 0.25) is 0 Å². The summed E-state index contributed by atoms with van der Waals surface area (Å²) >= 11 is 0. The molecule has 2 heterocycles. The predicted octanol–water partition coefficient (Wildman–Crippen LogP) is 3.20. The minimum Gasteiger partial charge on any atom is -0.485 e. The van der Waals surface area contributed by atoms with Crippen LogP contribution in [-0.2, 0) is 19.0 Å². The molecule has 0 aliphatic carbocycles. The first kappa shape index (κ1) is 22.9. The van der Waals surface area contributed by atoms with Crippen LogP contribution in [0.15, 0.2) is 36.4 Å². The van der Waals surface area contributed by atoms with E-state index in [4.69, 9.17) is 18.9 Å². The van der Waals surface area contributed by atoms with Crippen molar-refractivity contribution in [3.8, 4) is 11.5 Å². The van der Waals surface area contributed by atoms with Crippen molar-refractivity contribution in [3.05, 3.63) is 58.7 Å². The Kier molecular flexibility index (Phi) is 5.99. The lowest BCUT2D eigenvalue weighted by atomic mass is 9.82. The molecule has 2 aromatic rings. The summed E-state index contributed by atoms with van der Waals surface area (Å²) in [6.45, 7) is 8.20. The van der Waals surface area contributed by atoms with E-state index in [2.05, 4.69) is 4.74 Å². The van der Waals surface area contributed by atoms with E-state index in [-0.39, 0.29) is 18.1 Å². The first-order chi connectivity index (χ1) is 15.7. The van der Waals surface area contributed by atoms with Gasteiger partial charge in [-0.2, -0.15) is 0 Å². The molecule has 4 atom stereocenters. The molecule has 0 aromatic heterocycles. The first-order valence-electron chi connectivity index (χ1n) is 10.6. The van der Waals surface area contributed by atoms with Gasteiger partial charge in [-0.05, 0) is 75.2 Å². The van der Waals surface area contributed by atoms with E-state index in [1.807, 2.05) is 26.8 Å². The van der Waals surface area contributed by atoms with Crippen LogP contribution in [0.3, 0.4) is 0 Å². The van der Waals surface area contributed by atoms with Crippen molar-refractivity contribution in [1.29, 1.82) is 0 Å². The van der Waals surface area contributed by atoms with Gasteiger partial charge in [0, 0.05) is 5.56 Å². The Balaban J connectivity index is 1.50. The van der Waals surface area contributed by atoms with Gasteiger partial charge in [0.1, 0.15) is 29.0 Å². The molecule has 0 saturated carbocycles. The van der Waals surface area contributed by atoms with E-state index < -0.39 is 23.3 Å². The highest BCUT2D eigenvalue weighted by molar-refractivity contribution is 5.94. The standard InChI is InChI=1S/C25H26O8/c1-15-9-18(6-5-17(15)11-26)32-21-12-30-25(4)22(13-31-24(21,25)3)33-19-7-8-20(16(2)10-19)23(28)29-14-27/h5-11,14,21-22H,12-13H2,1-4H3/t21?,22?,24-,25-/m1/s1. The van der Waals surface area contributed by atoms with E-state index in [1.165, 1.54) is 0 Å². The Labute approximate surface area is 191 Å². The number of benzene rings is 2. The summed E-state index contributed by atoms with van der Waals surface area (Å²) < 4.78 is 29.2. The molecule has 0 N–H and O–H groups in total. The maximum atomic E-state index is 11.8. The largest absolute Gasteiger partial charge is 0.485 e. The molecule has 0 bridgehead atoms. The van der Waals surface area contributed by atoms with Crippen molar-refractivity contribution in [2.75, 3.05) is 13.2 Å². The lowest BCUT2D eigenvalue weighted by molar-refractivity contribution is -0.123. The summed E-state index contributed by atoms with van der Waals surface area (Å²) in [5, 5.41) is 0. The fourth-order valence-electron chi connectivity index (χ4n) is 4.45. The Morgan fingerprint density at radius 2 is 1.45 bits per heavy atom.